The first-order chi connectivity index (χ1) is 8.74. The molecular weight excluding hydrogens is 248 g/mol. The van der Waals surface area contributed by atoms with Gasteiger partial charge >= 0.3 is 12.0 Å². The van der Waals surface area contributed by atoms with Gasteiger partial charge in [-0.3, -0.25) is 4.79 Å². The highest BCUT2D eigenvalue weighted by Crippen LogP contribution is 2.20. The quantitative estimate of drug-likeness (QED) is 0.709. The highest BCUT2D eigenvalue weighted by molar-refractivity contribution is 5.77. The minimum atomic E-state index is -0.965. The molecule has 2 amide bonds. The van der Waals surface area contributed by atoms with E-state index < -0.39 is 11.4 Å². The Labute approximate surface area is 113 Å². The summed E-state index contributed by atoms with van der Waals surface area (Å²) in [4.78, 5) is 24.5. The van der Waals surface area contributed by atoms with Crippen LogP contribution in [0.2, 0.25) is 0 Å². The first-order valence-electron chi connectivity index (χ1n) is 6.68. The minimum Gasteiger partial charge on any atom is -0.481 e. The van der Waals surface area contributed by atoms with E-state index in [1.54, 1.807) is 25.7 Å². The Kier molecular flexibility index (Phi) is 5.17. The number of amides is 2. The van der Waals surface area contributed by atoms with Crippen molar-refractivity contribution in [2.75, 3.05) is 19.6 Å². The number of aliphatic carboxylic acids is 1. The lowest BCUT2D eigenvalue weighted by Gasteiger charge is -2.33. The molecule has 0 saturated carbocycles. The van der Waals surface area contributed by atoms with Crippen LogP contribution in [0.3, 0.4) is 0 Å². The largest absolute Gasteiger partial charge is 0.481 e. The molecule has 1 heterocycles. The Morgan fingerprint density at radius 1 is 1.37 bits per heavy atom. The topological polar surface area (TPSA) is 89.9 Å². The average Bonchev–Trinajstić information content (AvgIpc) is 2.36. The third-order valence-corrected chi connectivity index (χ3v) is 3.77. The van der Waals surface area contributed by atoms with Crippen LogP contribution >= 0.6 is 0 Å². The number of likely N-dealkylation sites (tertiary alicyclic amines) is 1. The molecule has 0 aromatic carbocycles. The lowest BCUT2D eigenvalue weighted by molar-refractivity contribution is -0.146. The molecule has 1 rings (SSSR count). The predicted molar refractivity (Wildman–Crippen MR) is 70.8 cm³/mol. The van der Waals surface area contributed by atoms with Crippen molar-refractivity contribution in [3.8, 4) is 0 Å². The van der Waals surface area contributed by atoms with Gasteiger partial charge in [-0.15, -0.1) is 0 Å². The predicted octanol–water partition coefficient (Wildman–Crippen LogP) is 0.900. The van der Waals surface area contributed by atoms with E-state index >= 15 is 0 Å². The van der Waals surface area contributed by atoms with E-state index in [2.05, 4.69) is 5.32 Å². The summed E-state index contributed by atoms with van der Waals surface area (Å²) in [6, 6.07) is -0.224. The number of aliphatic hydroxyl groups excluding tert-OH is 1. The van der Waals surface area contributed by atoms with Gasteiger partial charge in [0.15, 0.2) is 0 Å². The number of hydrogen-bond acceptors (Lipinski definition) is 3. The molecule has 1 unspecified atom stereocenters. The van der Waals surface area contributed by atoms with E-state index in [1.165, 1.54) is 0 Å². The molecule has 0 aromatic heterocycles. The molecule has 1 atom stereocenters. The number of nitrogens with zero attached hydrogens (tertiary/aromatic N) is 1. The first kappa shape index (κ1) is 15.8. The van der Waals surface area contributed by atoms with E-state index in [4.69, 9.17) is 5.11 Å². The van der Waals surface area contributed by atoms with Crippen LogP contribution in [0.25, 0.3) is 0 Å². The van der Waals surface area contributed by atoms with Crippen LogP contribution in [0.5, 0.6) is 0 Å². The summed E-state index contributed by atoms with van der Waals surface area (Å²) in [7, 11) is 0. The van der Waals surface area contributed by atoms with E-state index in [9.17, 15) is 14.7 Å². The number of hydrogen-bond donors (Lipinski definition) is 3. The number of aliphatic hydroxyl groups is 1. The second-order valence-electron chi connectivity index (χ2n) is 5.91. The molecule has 1 aliphatic rings. The zero-order valence-corrected chi connectivity index (χ0v) is 11.8. The Hall–Kier alpha value is -1.30. The summed E-state index contributed by atoms with van der Waals surface area (Å²) in [5, 5.41) is 21.1. The normalized spacial score (nSPS) is 19.1. The molecule has 3 N–H and O–H groups in total. The smallest absolute Gasteiger partial charge is 0.317 e. The Morgan fingerprint density at radius 2 is 1.89 bits per heavy atom. The molecule has 110 valence electrons. The number of carbonyl (C=O) groups is 2. The van der Waals surface area contributed by atoms with Crippen LogP contribution in [-0.4, -0.2) is 52.9 Å². The van der Waals surface area contributed by atoms with Gasteiger partial charge in [-0.05, 0) is 39.5 Å². The van der Waals surface area contributed by atoms with Crippen LogP contribution in [0.4, 0.5) is 4.79 Å². The van der Waals surface area contributed by atoms with Gasteiger partial charge in [0.2, 0.25) is 0 Å². The van der Waals surface area contributed by atoms with Gasteiger partial charge in [0.05, 0.1) is 11.5 Å². The van der Waals surface area contributed by atoms with Crippen molar-refractivity contribution < 1.29 is 19.8 Å². The van der Waals surface area contributed by atoms with Crippen molar-refractivity contribution >= 4 is 12.0 Å². The van der Waals surface area contributed by atoms with Crippen molar-refractivity contribution in [3.63, 3.8) is 0 Å². The molecule has 6 heteroatoms. The second kappa shape index (κ2) is 6.23. The fourth-order valence-electron chi connectivity index (χ4n) is 2.07. The number of piperidine rings is 1. The number of rotatable bonds is 4. The van der Waals surface area contributed by atoms with E-state index in [-0.39, 0.29) is 24.6 Å². The van der Waals surface area contributed by atoms with Crippen LogP contribution in [0.15, 0.2) is 0 Å². The Morgan fingerprint density at radius 3 is 2.32 bits per heavy atom. The number of carboxylic acid groups (broad SMARTS) is 1. The third-order valence-electron chi connectivity index (χ3n) is 3.77. The highest BCUT2D eigenvalue weighted by Gasteiger charge is 2.30. The molecule has 6 nitrogen and oxygen atoms in total. The maximum atomic E-state index is 11.9. The lowest BCUT2D eigenvalue weighted by atomic mass is 9.92. The molecule has 0 bridgehead atoms. The van der Waals surface area contributed by atoms with Gasteiger partial charge in [-0.25, -0.2) is 4.79 Å². The molecule has 0 aromatic rings. The third kappa shape index (κ3) is 4.38. The molecule has 1 saturated heterocycles. The summed E-state index contributed by atoms with van der Waals surface area (Å²) in [5.74, 6) is -0.680. The molecule has 0 aliphatic carbocycles. The fraction of sp³-hybridized carbons (Fsp3) is 0.846. The number of carbonyl (C=O) groups excluding carboxylic acids is 1. The van der Waals surface area contributed by atoms with Crippen LogP contribution in [0, 0.1) is 11.3 Å². The molecule has 0 spiro atoms. The van der Waals surface area contributed by atoms with Crippen molar-refractivity contribution in [1.82, 2.24) is 10.2 Å². The maximum Gasteiger partial charge on any atom is 0.317 e. The fourth-order valence-corrected chi connectivity index (χ4v) is 2.07. The molecule has 19 heavy (non-hydrogen) atoms. The standard InChI is InChI=1S/C13H24N2O4/c1-9(16)10-4-6-15(7-5-10)12(19)14-8-13(2,3)11(17)18/h9-10,16H,4-8H2,1-3H3,(H,14,19)(H,17,18). The summed E-state index contributed by atoms with van der Waals surface area (Å²) in [6.45, 7) is 6.25. The number of urea groups is 1. The number of carboxylic acids is 1. The average molecular weight is 272 g/mol. The van der Waals surface area contributed by atoms with Crippen molar-refractivity contribution in [2.24, 2.45) is 11.3 Å². The van der Waals surface area contributed by atoms with E-state index in [0.717, 1.165) is 12.8 Å². The van der Waals surface area contributed by atoms with Crippen molar-refractivity contribution in [2.45, 2.75) is 39.7 Å². The maximum absolute atomic E-state index is 11.9. The monoisotopic (exact) mass is 272 g/mol. The van der Waals surface area contributed by atoms with Crippen LogP contribution < -0.4 is 5.32 Å². The van der Waals surface area contributed by atoms with Crippen molar-refractivity contribution in [3.05, 3.63) is 0 Å². The van der Waals surface area contributed by atoms with Crippen molar-refractivity contribution in [1.29, 1.82) is 0 Å². The van der Waals surface area contributed by atoms with Gasteiger partial charge < -0.3 is 20.4 Å². The van der Waals surface area contributed by atoms with E-state index in [1.807, 2.05) is 0 Å². The van der Waals surface area contributed by atoms with Crippen LogP contribution in [-0.2, 0) is 4.79 Å². The summed E-state index contributed by atoms with van der Waals surface area (Å²) in [6.07, 6.45) is 1.23. The zero-order valence-electron chi connectivity index (χ0n) is 11.8. The molecule has 1 aliphatic heterocycles. The summed E-state index contributed by atoms with van der Waals surface area (Å²) < 4.78 is 0. The second-order valence-corrected chi connectivity index (χ2v) is 5.91. The van der Waals surface area contributed by atoms with Gasteiger partial charge in [0.1, 0.15) is 0 Å². The summed E-state index contributed by atoms with van der Waals surface area (Å²) in [5.41, 5.74) is -0.965. The van der Waals surface area contributed by atoms with Gasteiger partial charge in [0, 0.05) is 19.6 Å². The van der Waals surface area contributed by atoms with Gasteiger partial charge in [-0.2, -0.15) is 0 Å². The number of nitrogens with one attached hydrogen (secondary N) is 1. The zero-order chi connectivity index (χ0) is 14.6. The van der Waals surface area contributed by atoms with Crippen LogP contribution in [0.1, 0.15) is 33.6 Å². The lowest BCUT2D eigenvalue weighted by Crippen LogP contribution is -2.48. The minimum absolute atomic E-state index is 0.109. The molecular formula is C13H24N2O4. The summed E-state index contributed by atoms with van der Waals surface area (Å²) >= 11 is 0. The van der Waals surface area contributed by atoms with E-state index in [0.29, 0.717) is 13.1 Å². The van der Waals surface area contributed by atoms with Gasteiger partial charge in [-0.1, -0.05) is 0 Å². The molecule has 1 fully saturated rings. The highest BCUT2D eigenvalue weighted by atomic mass is 16.4. The SMILES string of the molecule is CC(O)C1CCN(C(=O)NCC(C)(C)C(=O)O)CC1. The van der Waals surface area contributed by atoms with Gasteiger partial charge in [0.25, 0.3) is 0 Å². The molecule has 0 radical (unpaired) electrons. The Bertz CT molecular complexity index is 334. The first-order valence-corrected chi connectivity index (χ1v) is 6.68. The Balaban J connectivity index is 2.38.